The highest BCUT2D eigenvalue weighted by atomic mass is 79.9. The van der Waals surface area contributed by atoms with Crippen molar-refractivity contribution in [1.29, 1.82) is 0 Å². The van der Waals surface area contributed by atoms with Gasteiger partial charge < -0.3 is 14.5 Å². The zero-order valence-electron chi connectivity index (χ0n) is 15.7. The summed E-state index contributed by atoms with van der Waals surface area (Å²) in [6, 6.07) is 14.0. The van der Waals surface area contributed by atoms with Crippen molar-refractivity contribution < 1.29 is 13.9 Å². The van der Waals surface area contributed by atoms with E-state index in [0.717, 1.165) is 10.0 Å². The van der Waals surface area contributed by atoms with E-state index in [1.54, 1.807) is 62.0 Å². The molecule has 0 aliphatic carbocycles. The van der Waals surface area contributed by atoms with Crippen LogP contribution in [0.3, 0.4) is 0 Å². The van der Waals surface area contributed by atoms with Gasteiger partial charge in [-0.2, -0.15) is 0 Å². The first-order chi connectivity index (χ1) is 14.5. The number of fused-ring (bicyclic) bond motifs is 1. The van der Waals surface area contributed by atoms with Crippen molar-refractivity contribution >= 4 is 56.0 Å². The average Bonchev–Trinajstić information content (AvgIpc) is 3.17. The van der Waals surface area contributed by atoms with Crippen molar-refractivity contribution in [3.63, 3.8) is 0 Å². The Labute approximate surface area is 185 Å². The van der Waals surface area contributed by atoms with Crippen molar-refractivity contribution in [2.75, 3.05) is 12.4 Å². The molecule has 2 aromatic heterocycles. The van der Waals surface area contributed by atoms with E-state index in [2.05, 4.69) is 36.5 Å². The highest BCUT2D eigenvalue weighted by molar-refractivity contribution is 9.10. The quantitative estimate of drug-likeness (QED) is 0.404. The minimum atomic E-state index is -0.317. The smallest absolute Gasteiger partial charge is 0.257 e. The maximum Gasteiger partial charge on any atom is 0.257 e. The fourth-order valence-corrected chi connectivity index (χ4v) is 3.31. The van der Waals surface area contributed by atoms with Crippen LogP contribution >= 0.6 is 28.1 Å². The highest BCUT2D eigenvalue weighted by Gasteiger charge is 2.12. The molecule has 0 saturated carbocycles. The van der Waals surface area contributed by atoms with Crippen molar-refractivity contribution in [3.8, 4) is 17.2 Å². The topological polar surface area (TPSA) is 89.3 Å². The number of nitrogens with zero attached hydrogens (tertiary/aromatic N) is 2. The van der Waals surface area contributed by atoms with Gasteiger partial charge in [0, 0.05) is 28.1 Å². The van der Waals surface area contributed by atoms with Crippen LogP contribution in [0.5, 0.6) is 5.75 Å². The molecule has 7 nitrogen and oxygen atoms in total. The molecule has 0 unspecified atom stereocenters. The molecular formula is C21H15BrN4O3S. The third-order valence-corrected chi connectivity index (χ3v) is 4.81. The molecule has 150 valence electrons. The van der Waals surface area contributed by atoms with E-state index in [1.165, 1.54) is 0 Å². The van der Waals surface area contributed by atoms with Crippen LogP contribution in [-0.2, 0) is 0 Å². The first-order valence-electron chi connectivity index (χ1n) is 8.80. The molecule has 0 aliphatic heterocycles. The molecule has 0 saturated heterocycles. The number of nitrogens with one attached hydrogen (secondary N) is 2. The monoisotopic (exact) mass is 482 g/mol. The minimum absolute atomic E-state index is 0.176. The van der Waals surface area contributed by atoms with Crippen LogP contribution in [0.4, 0.5) is 5.69 Å². The van der Waals surface area contributed by atoms with Gasteiger partial charge in [-0.1, -0.05) is 0 Å². The Hall–Kier alpha value is -3.30. The lowest BCUT2D eigenvalue weighted by molar-refractivity contribution is 0.0977. The normalized spacial score (nSPS) is 10.6. The predicted molar refractivity (Wildman–Crippen MR) is 122 cm³/mol. The Kier molecular flexibility index (Phi) is 5.73. The zero-order valence-corrected chi connectivity index (χ0v) is 18.1. The van der Waals surface area contributed by atoms with Crippen LogP contribution in [0.25, 0.3) is 22.6 Å². The van der Waals surface area contributed by atoms with Crippen molar-refractivity contribution in [1.82, 2.24) is 15.3 Å². The van der Waals surface area contributed by atoms with Crippen LogP contribution in [0.15, 0.2) is 69.8 Å². The fourth-order valence-electron chi connectivity index (χ4n) is 2.74. The van der Waals surface area contributed by atoms with Gasteiger partial charge in [0.2, 0.25) is 5.89 Å². The number of aromatic nitrogens is 2. The summed E-state index contributed by atoms with van der Waals surface area (Å²) >= 11 is 8.64. The van der Waals surface area contributed by atoms with E-state index in [0.29, 0.717) is 34.0 Å². The predicted octanol–water partition coefficient (Wildman–Crippen LogP) is 4.79. The van der Waals surface area contributed by atoms with Crippen LogP contribution in [-0.4, -0.2) is 28.1 Å². The first kappa shape index (κ1) is 20.0. The molecular weight excluding hydrogens is 468 g/mol. The number of halogens is 1. The second-order valence-corrected chi connectivity index (χ2v) is 7.55. The van der Waals surface area contributed by atoms with E-state index < -0.39 is 0 Å². The fraction of sp³-hybridized carbons (Fsp3) is 0.0476. The number of anilines is 1. The standard InChI is InChI=1S/C21H15BrN4O3S/c1-28-16-5-2-12(3-6-16)19(27)26-21(30)24-15-4-7-18-17(9-15)25-20(29-18)13-8-14(22)11-23-10-13/h2-11H,1H3,(H2,24,26,27,30). The largest absolute Gasteiger partial charge is 0.497 e. The molecule has 2 N–H and O–H groups in total. The molecule has 0 spiro atoms. The number of benzene rings is 2. The number of carbonyl (C=O) groups is 1. The second-order valence-electron chi connectivity index (χ2n) is 6.23. The van der Waals surface area contributed by atoms with Gasteiger partial charge in [-0.3, -0.25) is 15.1 Å². The lowest BCUT2D eigenvalue weighted by Crippen LogP contribution is -2.34. The van der Waals surface area contributed by atoms with E-state index in [4.69, 9.17) is 21.4 Å². The first-order valence-corrected chi connectivity index (χ1v) is 10.00. The van der Waals surface area contributed by atoms with E-state index in [-0.39, 0.29) is 11.0 Å². The SMILES string of the molecule is COc1ccc(C(=O)NC(=S)Nc2ccc3oc(-c4cncc(Br)c4)nc3c2)cc1. The molecule has 0 fully saturated rings. The molecule has 0 bridgehead atoms. The molecule has 4 rings (SSSR count). The van der Waals surface area contributed by atoms with E-state index >= 15 is 0 Å². The number of hydrogen-bond acceptors (Lipinski definition) is 6. The number of amides is 1. The van der Waals surface area contributed by atoms with Gasteiger partial charge in [0.15, 0.2) is 10.7 Å². The molecule has 0 radical (unpaired) electrons. The third-order valence-electron chi connectivity index (χ3n) is 4.18. The summed E-state index contributed by atoms with van der Waals surface area (Å²) in [6.07, 6.45) is 3.37. The summed E-state index contributed by atoms with van der Waals surface area (Å²) in [6.45, 7) is 0. The lowest BCUT2D eigenvalue weighted by Gasteiger charge is -2.09. The summed E-state index contributed by atoms with van der Waals surface area (Å²) in [5.74, 6) is 0.819. The van der Waals surface area contributed by atoms with Gasteiger partial charge in [0.25, 0.3) is 5.91 Å². The van der Waals surface area contributed by atoms with E-state index in [9.17, 15) is 4.79 Å². The number of pyridine rings is 1. The summed E-state index contributed by atoms with van der Waals surface area (Å²) in [7, 11) is 1.57. The summed E-state index contributed by atoms with van der Waals surface area (Å²) in [4.78, 5) is 21.0. The molecule has 2 heterocycles. The number of thiocarbonyl (C=S) groups is 1. The van der Waals surface area contributed by atoms with Gasteiger partial charge >= 0.3 is 0 Å². The molecule has 4 aromatic rings. The number of carbonyl (C=O) groups excluding carboxylic acids is 1. The summed E-state index contributed by atoms with van der Waals surface area (Å²) in [5.41, 5.74) is 3.19. The van der Waals surface area contributed by atoms with Gasteiger partial charge in [-0.15, -0.1) is 0 Å². The van der Waals surface area contributed by atoms with Gasteiger partial charge in [0.1, 0.15) is 11.3 Å². The Morgan fingerprint density at radius 2 is 1.93 bits per heavy atom. The average molecular weight is 483 g/mol. The molecule has 2 aromatic carbocycles. The molecule has 9 heteroatoms. The Bertz CT molecular complexity index is 1240. The maximum atomic E-state index is 12.3. The van der Waals surface area contributed by atoms with E-state index in [1.807, 2.05) is 6.07 Å². The second kappa shape index (κ2) is 8.60. The van der Waals surface area contributed by atoms with Crippen molar-refractivity contribution in [2.45, 2.75) is 0 Å². The van der Waals surface area contributed by atoms with Crippen LogP contribution in [0.2, 0.25) is 0 Å². The molecule has 0 aliphatic rings. The highest BCUT2D eigenvalue weighted by Crippen LogP contribution is 2.27. The van der Waals surface area contributed by atoms with Crippen LogP contribution in [0, 0.1) is 0 Å². The maximum absolute atomic E-state index is 12.3. The van der Waals surface area contributed by atoms with Crippen LogP contribution in [0.1, 0.15) is 10.4 Å². The van der Waals surface area contributed by atoms with Crippen molar-refractivity contribution in [2.24, 2.45) is 0 Å². The zero-order chi connectivity index (χ0) is 21.1. The number of oxazole rings is 1. The summed E-state index contributed by atoms with van der Waals surface area (Å²) < 4.78 is 11.7. The number of hydrogen-bond donors (Lipinski definition) is 2. The minimum Gasteiger partial charge on any atom is -0.497 e. The summed E-state index contributed by atoms with van der Waals surface area (Å²) in [5, 5.41) is 5.82. The Morgan fingerprint density at radius 3 is 2.67 bits per heavy atom. The van der Waals surface area contributed by atoms with Gasteiger partial charge in [-0.05, 0) is 76.7 Å². The number of methoxy groups -OCH3 is 1. The van der Waals surface area contributed by atoms with Crippen LogP contribution < -0.4 is 15.4 Å². The number of rotatable bonds is 4. The van der Waals surface area contributed by atoms with Gasteiger partial charge in [-0.25, -0.2) is 4.98 Å². The third kappa shape index (κ3) is 4.47. The molecule has 0 atom stereocenters. The Morgan fingerprint density at radius 1 is 1.13 bits per heavy atom. The van der Waals surface area contributed by atoms with Crippen molar-refractivity contribution in [3.05, 3.63) is 71.0 Å². The lowest BCUT2D eigenvalue weighted by atomic mass is 10.2. The van der Waals surface area contributed by atoms with Gasteiger partial charge in [0.05, 0.1) is 12.7 Å². The number of ether oxygens (including phenoxy) is 1. The molecule has 1 amide bonds. The molecule has 30 heavy (non-hydrogen) atoms. The Balaban J connectivity index is 1.46.